The van der Waals surface area contributed by atoms with E-state index >= 15 is 0 Å². The molecule has 1 rings (SSSR count). The molecule has 2 N–H and O–H groups in total. The van der Waals surface area contributed by atoms with Crippen LogP contribution in [0.1, 0.15) is 0 Å². The van der Waals surface area contributed by atoms with E-state index < -0.39 is 18.3 Å². The van der Waals surface area contributed by atoms with E-state index in [0.29, 0.717) is 0 Å². The van der Waals surface area contributed by atoms with Gasteiger partial charge in [0.1, 0.15) is 12.2 Å². The number of anilines is 1. The molecule has 1 aromatic heterocycles. The van der Waals surface area contributed by atoms with Crippen LogP contribution in [0.5, 0.6) is 0 Å². The van der Waals surface area contributed by atoms with Gasteiger partial charge in [-0.1, -0.05) is 0 Å². The zero-order valence-corrected chi connectivity index (χ0v) is 6.48. The summed E-state index contributed by atoms with van der Waals surface area (Å²) in [5.74, 6) is 0. The lowest BCUT2D eigenvalue weighted by Crippen LogP contribution is -2.24. The summed E-state index contributed by atoms with van der Waals surface area (Å²) in [5, 5.41) is 1.98. The quantitative estimate of drug-likeness (QED) is 0.742. The third-order valence-electron chi connectivity index (χ3n) is 1.30. The van der Waals surface area contributed by atoms with Crippen LogP contribution in [0, 0.1) is 0 Å². The number of aromatic nitrogens is 1. The summed E-state index contributed by atoms with van der Waals surface area (Å²) in [6.45, 7) is -1.21. The first-order valence-electron chi connectivity index (χ1n) is 3.47. The molecule has 0 spiro atoms. The molecule has 0 aliphatic rings. The number of nitrogens with one attached hydrogen (secondary N) is 2. The standard InChI is InChI=1S/C7H7F3N2O/c8-7(9,10)4-12-5-2-1-3-11-6(5)13/h1-3,12H,4H2,(H,11,13). The lowest BCUT2D eigenvalue weighted by molar-refractivity contribution is -0.115. The first-order chi connectivity index (χ1) is 5.99. The first-order valence-corrected chi connectivity index (χ1v) is 3.47. The van der Waals surface area contributed by atoms with Gasteiger partial charge in [-0.3, -0.25) is 4.79 Å². The molecule has 1 heterocycles. The molecule has 0 amide bonds. The fourth-order valence-electron chi connectivity index (χ4n) is 0.756. The fraction of sp³-hybridized carbons (Fsp3) is 0.286. The van der Waals surface area contributed by atoms with E-state index in [2.05, 4.69) is 4.98 Å². The van der Waals surface area contributed by atoms with Gasteiger partial charge in [0.15, 0.2) is 0 Å². The van der Waals surface area contributed by atoms with Crippen molar-refractivity contribution in [3.8, 4) is 0 Å². The van der Waals surface area contributed by atoms with Crippen LogP contribution in [-0.2, 0) is 0 Å². The van der Waals surface area contributed by atoms with Gasteiger partial charge in [-0.15, -0.1) is 0 Å². The highest BCUT2D eigenvalue weighted by atomic mass is 19.4. The highest BCUT2D eigenvalue weighted by Crippen LogP contribution is 2.14. The topological polar surface area (TPSA) is 44.9 Å². The average Bonchev–Trinajstić information content (AvgIpc) is 2.01. The van der Waals surface area contributed by atoms with E-state index in [4.69, 9.17) is 0 Å². The van der Waals surface area contributed by atoms with Gasteiger partial charge in [0.2, 0.25) is 0 Å². The third kappa shape index (κ3) is 3.18. The van der Waals surface area contributed by atoms with Crippen molar-refractivity contribution in [3.63, 3.8) is 0 Å². The smallest absolute Gasteiger partial charge is 0.372 e. The Morgan fingerprint density at radius 1 is 1.46 bits per heavy atom. The van der Waals surface area contributed by atoms with Crippen LogP contribution in [0.3, 0.4) is 0 Å². The molecule has 13 heavy (non-hydrogen) atoms. The van der Waals surface area contributed by atoms with Crippen molar-refractivity contribution in [2.75, 3.05) is 11.9 Å². The SMILES string of the molecule is O=c1[nH]cccc1NCC(F)(F)F. The van der Waals surface area contributed by atoms with Gasteiger partial charge in [0.05, 0.1) is 0 Å². The summed E-state index contributed by atoms with van der Waals surface area (Å²) in [6.07, 6.45) is -2.97. The van der Waals surface area contributed by atoms with E-state index in [9.17, 15) is 18.0 Å². The number of aromatic amines is 1. The highest BCUT2D eigenvalue weighted by molar-refractivity contribution is 5.39. The molecule has 6 heteroatoms. The van der Waals surface area contributed by atoms with Crippen LogP contribution in [0.2, 0.25) is 0 Å². The summed E-state index contributed by atoms with van der Waals surface area (Å²) >= 11 is 0. The van der Waals surface area contributed by atoms with Crippen molar-refractivity contribution >= 4 is 5.69 Å². The van der Waals surface area contributed by atoms with Gasteiger partial charge in [-0.2, -0.15) is 13.2 Å². The minimum Gasteiger partial charge on any atom is -0.372 e. The zero-order valence-electron chi connectivity index (χ0n) is 6.48. The molecular formula is C7H7F3N2O. The van der Waals surface area contributed by atoms with Gasteiger partial charge in [-0.05, 0) is 12.1 Å². The van der Waals surface area contributed by atoms with E-state index in [1.54, 1.807) is 0 Å². The normalized spacial score (nSPS) is 11.3. The lowest BCUT2D eigenvalue weighted by Gasteiger charge is -2.07. The van der Waals surface area contributed by atoms with Crippen LogP contribution in [0.4, 0.5) is 18.9 Å². The Kier molecular flexibility index (Phi) is 2.60. The maximum atomic E-state index is 11.7. The zero-order chi connectivity index (χ0) is 9.90. The molecule has 0 saturated heterocycles. The number of alkyl halides is 3. The molecule has 0 unspecified atom stereocenters. The van der Waals surface area contributed by atoms with Crippen LogP contribution in [-0.4, -0.2) is 17.7 Å². The van der Waals surface area contributed by atoms with Crippen molar-refractivity contribution in [3.05, 3.63) is 28.7 Å². The van der Waals surface area contributed by atoms with Gasteiger partial charge in [0, 0.05) is 6.20 Å². The predicted octanol–water partition coefficient (Wildman–Crippen LogP) is 1.35. The van der Waals surface area contributed by atoms with Crippen molar-refractivity contribution in [1.82, 2.24) is 4.98 Å². The molecule has 0 aliphatic heterocycles. The average molecular weight is 192 g/mol. The van der Waals surface area contributed by atoms with Crippen molar-refractivity contribution < 1.29 is 13.2 Å². The van der Waals surface area contributed by atoms with Gasteiger partial charge in [-0.25, -0.2) is 0 Å². The number of hydrogen-bond donors (Lipinski definition) is 2. The number of rotatable bonds is 2. The summed E-state index contributed by atoms with van der Waals surface area (Å²) in [7, 11) is 0. The van der Waals surface area contributed by atoms with Gasteiger partial charge < -0.3 is 10.3 Å². The Bertz CT molecular complexity index is 331. The van der Waals surface area contributed by atoms with Gasteiger partial charge >= 0.3 is 6.18 Å². The molecule has 0 fully saturated rings. The summed E-state index contributed by atoms with van der Waals surface area (Å²) in [4.78, 5) is 13.1. The monoisotopic (exact) mass is 192 g/mol. The third-order valence-corrected chi connectivity index (χ3v) is 1.30. The predicted molar refractivity (Wildman–Crippen MR) is 41.6 cm³/mol. The van der Waals surface area contributed by atoms with Crippen LogP contribution < -0.4 is 10.9 Å². The maximum Gasteiger partial charge on any atom is 0.405 e. The Hall–Kier alpha value is -1.46. The lowest BCUT2D eigenvalue weighted by atomic mass is 10.4. The van der Waals surface area contributed by atoms with Crippen molar-refractivity contribution in [1.29, 1.82) is 0 Å². The van der Waals surface area contributed by atoms with Gasteiger partial charge in [0.25, 0.3) is 5.56 Å². The molecule has 0 saturated carbocycles. The molecule has 0 atom stereocenters. The summed E-state index contributed by atoms with van der Waals surface area (Å²) in [5.41, 5.74) is -0.647. The van der Waals surface area contributed by atoms with Crippen LogP contribution in [0.15, 0.2) is 23.1 Å². The summed E-state index contributed by atoms with van der Waals surface area (Å²) < 4.78 is 35.1. The molecular weight excluding hydrogens is 185 g/mol. The fourth-order valence-corrected chi connectivity index (χ4v) is 0.756. The molecule has 0 aliphatic carbocycles. The van der Waals surface area contributed by atoms with Crippen molar-refractivity contribution in [2.24, 2.45) is 0 Å². The summed E-state index contributed by atoms with van der Waals surface area (Å²) in [6, 6.07) is 2.73. The Balaban J connectivity index is 2.66. The number of halogens is 3. The van der Waals surface area contributed by atoms with Crippen LogP contribution >= 0.6 is 0 Å². The Labute approximate surface area is 71.6 Å². The molecule has 0 radical (unpaired) electrons. The maximum absolute atomic E-state index is 11.7. The minimum atomic E-state index is -4.32. The first kappa shape index (κ1) is 9.63. The number of hydrogen-bond acceptors (Lipinski definition) is 2. The molecule has 72 valence electrons. The van der Waals surface area contributed by atoms with E-state index in [1.165, 1.54) is 18.3 Å². The van der Waals surface area contributed by atoms with E-state index in [0.717, 1.165) is 0 Å². The van der Waals surface area contributed by atoms with E-state index in [1.807, 2.05) is 5.32 Å². The number of pyridine rings is 1. The second kappa shape index (κ2) is 3.51. The second-order valence-electron chi connectivity index (χ2n) is 2.38. The minimum absolute atomic E-state index is 0.0835. The molecule has 3 nitrogen and oxygen atoms in total. The molecule has 0 bridgehead atoms. The number of H-pyrrole nitrogens is 1. The largest absolute Gasteiger partial charge is 0.405 e. The highest BCUT2D eigenvalue weighted by Gasteiger charge is 2.26. The molecule has 1 aromatic rings. The Morgan fingerprint density at radius 3 is 2.69 bits per heavy atom. The molecule has 0 aromatic carbocycles. The Morgan fingerprint density at radius 2 is 2.15 bits per heavy atom. The van der Waals surface area contributed by atoms with Crippen LogP contribution in [0.25, 0.3) is 0 Å². The van der Waals surface area contributed by atoms with Crippen molar-refractivity contribution in [2.45, 2.75) is 6.18 Å². The van der Waals surface area contributed by atoms with E-state index in [-0.39, 0.29) is 5.69 Å². The second-order valence-corrected chi connectivity index (χ2v) is 2.38.